The van der Waals surface area contributed by atoms with Gasteiger partial charge in [0, 0.05) is 16.6 Å². The van der Waals surface area contributed by atoms with Crippen LogP contribution in [0.2, 0.25) is 5.02 Å². The summed E-state index contributed by atoms with van der Waals surface area (Å²) < 4.78 is 38.7. The van der Waals surface area contributed by atoms with E-state index in [0.29, 0.717) is 10.1 Å². The number of carbonyl (C=O) groups is 1. The number of thiophene rings is 1. The highest BCUT2D eigenvalue weighted by Gasteiger charge is 2.31. The first-order chi connectivity index (χ1) is 11.8. The first-order valence-corrected chi connectivity index (χ1v) is 9.22. The maximum Gasteiger partial charge on any atom is 0.416 e. The predicted octanol–water partition coefficient (Wildman–Crippen LogP) is 4.85. The number of nitrogens with one attached hydrogen (secondary N) is 1. The van der Waals surface area contributed by atoms with Gasteiger partial charge in [-0.25, -0.2) is 0 Å². The van der Waals surface area contributed by atoms with Gasteiger partial charge in [-0.05, 0) is 30.9 Å². The Morgan fingerprint density at radius 2 is 2.04 bits per heavy atom. The van der Waals surface area contributed by atoms with E-state index in [4.69, 9.17) is 11.6 Å². The molecule has 1 heterocycles. The molecule has 1 saturated carbocycles. The molecule has 0 saturated heterocycles. The molecule has 3 nitrogen and oxygen atoms in total. The highest BCUT2D eigenvalue weighted by atomic mass is 35.5. The summed E-state index contributed by atoms with van der Waals surface area (Å²) >= 11 is 7.09. The van der Waals surface area contributed by atoms with Crippen LogP contribution in [0.1, 0.15) is 40.9 Å². The monoisotopic (exact) mass is 391 g/mol. The van der Waals surface area contributed by atoms with E-state index in [1.807, 2.05) is 0 Å². The highest BCUT2D eigenvalue weighted by Crippen LogP contribution is 2.39. The number of halogens is 4. The highest BCUT2D eigenvalue weighted by molar-refractivity contribution is 7.21. The van der Waals surface area contributed by atoms with E-state index in [1.54, 1.807) is 0 Å². The number of alkyl halides is 3. The van der Waals surface area contributed by atoms with Crippen LogP contribution >= 0.6 is 22.9 Å². The molecule has 0 bridgehead atoms. The van der Waals surface area contributed by atoms with Gasteiger partial charge in [0.25, 0.3) is 5.91 Å². The topological polar surface area (TPSA) is 49.3 Å². The summed E-state index contributed by atoms with van der Waals surface area (Å²) in [6.07, 6.45) is -1.00. The second-order valence-electron chi connectivity index (χ2n) is 6.28. The minimum atomic E-state index is -4.45. The van der Waals surface area contributed by atoms with Gasteiger partial charge in [-0.15, -0.1) is 11.3 Å². The zero-order valence-electron chi connectivity index (χ0n) is 13.2. The molecule has 8 heteroatoms. The Labute approximate surface area is 151 Å². The molecular formula is C17H17ClF3NO2S. The van der Waals surface area contributed by atoms with E-state index in [9.17, 15) is 23.1 Å². The molecule has 1 fully saturated rings. The molecule has 0 aliphatic heterocycles. The molecule has 1 aromatic heterocycles. The van der Waals surface area contributed by atoms with Gasteiger partial charge in [0.2, 0.25) is 0 Å². The van der Waals surface area contributed by atoms with Gasteiger partial charge in [-0.1, -0.05) is 30.5 Å². The Bertz CT molecular complexity index is 784. The fourth-order valence-electron chi connectivity index (χ4n) is 3.17. The fraction of sp³-hybridized carbons (Fsp3) is 0.471. The number of amides is 1. The smallest absolute Gasteiger partial charge is 0.391 e. The van der Waals surface area contributed by atoms with E-state index in [2.05, 4.69) is 5.32 Å². The van der Waals surface area contributed by atoms with Crippen LogP contribution in [0.3, 0.4) is 0 Å². The van der Waals surface area contributed by atoms with Crippen LogP contribution in [0.5, 0.6) is 0 Å². The number of benzene rings is 1. The van der Waals surface area contributed by atoms with Crippen molar-refractivity contribution in [2.75, 3.05) is 6.54 Å². The molecule has 25 heavy (non-hydrogen) atoms. The van der Waals surface area contributed by atoms with Gasteiger partial charge >= 0.3 is 6.18 Å². The van der Waals surface area contributed by atoms with Crippen molar-refractivity contribution in [2.45, 2.75) is 38.0 Å². The first kappa shape index (κ1) is 18.5. The van der Waals surface area contributed by atoms with Crippen molar-refractivity contribution in [3.8, 4) is 0 Å². The number of rotatable bonds is 4. The Morgan fingerprint density at radius 3 is 2.68 bits per heavy atom. The number of hydrogen-bond acceptors (Lipinski definition) is 3. The lowest BCUT2D eigenvalue weighted by atomic mass is 10.0. The quantitative estimate of drug-likeness (QED) is 0.782. The number of fused-ring (bicyclic) bond motifs is 1. The lowest BCUT2D eigenvalue weighted by Crippen LogP contribution is -2.35. The van der Waals surface area contributed by atoms with Crippen LogP contribution in [0.25, 0.3) is 10.1 Å². The lowest BCUT2D eigenvalue weighted by Gasteiger charge is -2.17. The van der Waals surface area contributed by atoms with Gasteiger partial charge in [-0.3, -0.25) is 4.79 Å². The van der Waals surface area contributed by atoms with Crippen molar-refractivity contribution >= 4 is 38.9 Å². The normalized spacial score (nSPS) is 17.2. The lowest BCUT2D eigenvalue weighted by molar-refractivity contribution is -0.137. The molecule has 1 aliphatic rings. The van der Waals surface area contributed by atoms with Crippen LogP contribution in [0.4, 0.5) is 13.2 Å². The van der Waals surface area contributed by atoms with Crippen molar-refractivity contribution in [1.29, 1.82) is 0 Å². The molecule has 0 radical (unpaired) electrons. The van der Waals surface area contributed by atoms with E-state index >= 15 is 0 Å². The van der Waals surface area contributed by atoms with Gasteiger partial charge in [0.15, 0.2) is 0 Å². The third-order valence-corrected chi connectivity index (χ3v) is 6.23. The van der Waals surface area contributed by atoms with Crippen molar-refractivity contribution in [3.63, 3.8) is 0 Å². The minimum absolute atomic E-state index is 0.113. The Balaban J connectivity index is 1.75. The van der Waals surface area contributed by atoms with Crippen molar-refractivity contribution < 1.29 is 23.1 Å². The molecular weight excluding hydrogens is 375 g/mol. The molecule has 1 amide bonds. The summed E-state index contributed by atoms with van der Waals surface area (Å²) in [6.45, 7) is 0.113. The largest absolute Gasteiger partial charge is 0.416 e. The molecule has 136 valence electrons. The maximum atomic E-state index is 12.8. The molecule has 2 aromatic rings. The van der Waals surface area contributed by atoms with Crippen molar-refractivity contribution in [1.82, 2.24) is 5.32 Å². The predicted molar refractivity (Wildman–Crippen MR) is 92.1 cm³/mol. The molecule has 3 rings (SSSR count). The van der Waals surface area contributed by atoms with Crippen LogP contribution in [0.15, 0.2) is 18.2 Å². The zero-order chi connectivity index (χ0) is 18.2. The average Bonchev–Trinajstić information content (AvgIpc) is 3.20. The average molecular weight is 392 g/mol. The summed E-state index contributed by atoms with van der Waals surface area (Å²) in [7, 11) is 0. The standard InChI is InChI=1S/C17H17ClF3NO2S/c18-14-11-6-5-10(17(19,20)21)7-13(11)25-15(14)16(24)22-8-12(23)9-3-1-2-4-9/h5-7,9,12,23H,1-4,8H2,(H,22,24). The summed E-state index contributed by atoms with van der Waals surface area (Å²) in [5.41, 5.74) is -0.776. The maximum absolute atomic E-state index is 12.8. The summed E-state index contributed by atoms with van der Waals surface area (Å²) in [6, 6.07) is 3.23. The molecule has 1 aromatic carbocycles. The Hall–Kier alpha value is -1.31. The SMILES string of the molecule is O=C(NCC(O)C1CCCC1)c1sc2cc(C(F)(F)F)ccc2c1Cl. The van der Waals surface area contributed by atoms with Gasteiger partial charge in [0.1, 0.15) is 4.88 Å². The second-order valence-corrected chi connectivity index (χ2v) is 7.71. The van der Waals surface area contributed by atoms with Crippen molar-refractivity contribution in [3.05, 3.63) is 33.7 Å². The molecule has 2 N–H and O–H groups in total. The summed E-state index contributed by atoms with van der Waals surface area (Å²) in [5.74, 6) is -0.288. The third kappa shape index (κ3) is 3.93. The fourth-order valence-corrected chi connectivity index (χ4v) is 4.65. The van der Waals surface area contributed by atoms with E-state index in [1.165, 1.54) is 6.07 Å². The number of carbonyl (C=O) groups excluding carboxylic acids is 1. The van der Waals surface area contributed by atoms with Gasteiger partial charge in [-0.2, -0.15) is 13.2 Å². The van der Waals surface area contributed by atoms with Crippen molar-refractivity contribution in [2.24, 2.45) is 5.92 Å². The van der Waals surface area contributed by atoms with E-state index in [0.717, 1.165) is 49.2 Å². The van der Waals surface area contributed by atoms with Gasteiger partial charge < -0.3 is 10.4 Å². The molecule has 0 spiro atoms. The first-order valence-electron chi connectivity index (χ1n) is 8.03. The summed E-state index contributed by atoms with van der Waals surface area (Å²) in [4.78, 5) is 12.5. The molecule has 1 aliphatic carbocycles. The van der Waals surface area contributed by atoms with Gasteiger partial charge in [0.05, 0.1) is 16.7 Å². The minimum Gasteiger partial charge on any atom is -0.391 e. The van der Waals surface area contributed by atoms with Crippen LogP contribution in [-0.4, -0.2) is 23.7 Å². The molecule has 1 atom stereocenters. The van der Waals surface area contributed by atoms with Crippen LogP contribution in [0, 0.1) is 5.92 Å². The van der Waals surface area contributed by atoms with E-state index < -0.39 is 23.8 Å². The van der Waals surface area contributed by atoms with Crippen LogP contribution in [-0.2, 0) is 6.18 Å². The number of hydrogen-bond donors (Lipinski definition) is 2. The third-order valence-electron chi connectivity index (χ3n) is 4.58. The number of aliphatic hydroxyl groups is 1. The van der Waals surface area contributed by atoms with Crippen LogP contribution < -0.4 is 5.32 Å². The second kappa shape index (κ2) is 7.13. The molecule has 1 unspecified atom stereocenters. The number of aliphatic hydroxyl groups excluding tert-OH is 1. The van der Waals surface area contributed by atoms with E-state index in [-0.39, 0.29) is 22.4 Å². The Morgan fingerprint density at radius 1 is 1.36 bits per heavy atom. The Kier molecular flexibility index (Phi) is 5.27. The zero-order valence-corrected chi connectivity index (χ0v) is 14.8. The summed E-state index contributed by atoms with van der Waals surface area (Å²) in [5, 5.41) is 13.3.